The molecule has 5 aromatic rings. The first-order valence-corrected chi connectivity index (χ1v) is 40.9. The van der Waals surface area contributed by atoms with Crippen molar-refractivity contribution in [2.24, 2.45) is 16.8 Å². The zero-order valence-corrected chi connectivity index (χ0v) is 68.3. The molecule has 1 saturated heterocycles. The minimum Gasteiger partial charge on any atom is -0.493 e. The number of rotatable bonds is 49. The first-order valence-electron chi connectivity index (χ1n) is 39.9. The summed E-state index contributed by atoms with van der Waals surface area (Å²) in [5, 5.41) is 17.5. The van der Waals surface area contributed by atoms with E-state index in [-0.39, 0.29) is 159 Å². The summed E-state index contributed by atoms with van der Waals surface area (Å²) in [6.45, 7) is 17.9. The number of aliphatic hydroxyl groups excluding tert-OH is 1. The van der Waals surface area contributed by atoms with E-state index in [9.17, 15) is 48.3 Å². The quantitative estimate of drug-likeness (QED) is 0.0187. The third-order valence-electron chi connectivity index (χ3n) is 20.3. The number of anilines is 1. The number of carbonyl (C=O) groups excluding carboxylic acids is 9. The van der Waals surface area contributed by atoms with Crippen molar-refractivity contribution in [1.29, 1.82) is 0 Å². The molecule has 30 heteroatoms. The Bertz CT molecular complexity index is 4270. The van der Waals surface area contributed by atoms with E-state index < -0.39 is 35.9 Å². The highest BCUT2D eigenvalue weighted by Gasteiger charge is 2.48. The summed E-state index contributed by atoms with van der Waals surface area (Å²) in [6, 6.07) is 27.3. The van der Waals surface area contributed by atoms with Gasteiger partial charge in [-0.15, -0.1) is 11.8 Å². The van der Waals surface area contributed by atoms with Gasteiger partial charge >= 0.3 is 17.9 Å². The number of nitrogens with one attached hydrogen (secondary N) is 2. The van der Waals surface area contributed by atoms with Gasteiger partial charge in [-0.05, 0) is 76.9 Å². The maximum absolute atomic E-state index is 14.9. The predicted molar refractivity (Wildman–Crippen MR) is 431 cm³/mol. The third-order valence-corrected chi connectivity index (χ3v) is 21.6. The number of hydrogen-bond acceptors (Lipinski definition) is 23. The Morgan fingerprint density at radius 1 is 0.621 bits per heavy atom. The van der Waals surface area contributed by atoms with Gasteiger partial charge in [0, 0.05) is 94.4 Å². The van der Waals surface area contributed by atoms with Crippen molar-refractivity contribution in [2.75, 3.05) is 144 Å². The number of hydrogen-bond donors (Lipinski definition) is 3. The predicted octanol–water partition coefficient (Wildman–Crippen LogP) is 8.41. The third kappa shape index (κ3) is 25.5. The second-order valence-corrected chi connectivity index (χ2v) is 31.2. The van der Waals surface area contributed by atoms with Gasteiger partial charge in [0.15, 0.2) is 23.8 Å². The van der Waals surface area contributed by atoms with Crippen molar-refractivity contribution in [2.45, 2.75) is 141 Å². The largest absolute Gasteiger partial charge is 0.493 e. The molecule has 3 N–H and O–H groups in total. The molecule has 626 valence electrons. The number of ketones is 2. The van der Waals surface area contributed by atoms with Crippen molar-refractivity contribution in [3.05, 3.63) is 147 Å². The van der Waals surface area contributed by atoms with Gasteiger partial charge in [-0.3, -0.25) is 48.2 Å². The van der Waals surface area contributed by atoms with Crippen molar-refractivity contribution in [3.63, 3.8) is 0 Å². The molecule has 0 saturated carbocycles. The monoisotopic (exact) mass is 1620 g/mol. The molecular weight excluding hydrogens is 1520 g/mol. The van der Waals surface area contributed by atoms with Crippen LogP contribution < -0.4 is 29.7 Å². The highest BCUT2D eigenvalue weighted by atomic mass is 32.2. The van der Waals surface area contributed by atoms with Gasteiger partial charge in [0.05, 0.1) is 160 Å². The number of amides is 7. The molecule has 5 aromatic carbocycles. The van der Waals surface area contributed by atoms with Crippen molar-refractivity contribution >= 4 is 88.4 Å². The summed E-state index contributed by atoms with van der Waals surface area (Å²) in [5.41, 5.74) is 7.18. The first-order chi connectivity index (χ1) is 56.1. The van der Waals surface area contributed by atoms with Crippen LogP contribution in [0.5, 0.6) is 17.2 Å². The fourth-order valence-corrected chi connectivity index (χ4v) is 15.1. The molecule has 1 fully saturated rings. The molecule has 0 aliphatic carbocycles. The molecule has 5 aliphatic heterocycles. The number of aryl methyl sites for hydroxylation is 1. The normalized spacial score (nSPS) is 16.7. The maximum atomic E-state index is 14.9. The summed E-state index contributed by atoms with van der Waals surface area (Å²) in [5.74, 6) is -2.15. The van der Waals surface area contributed by atoms with Gasteiger partial charge in [-0.1, -0.05) is 100 Å². The lowest BCUT2D eigenvalue weighted by Gasteiger charge is -2.34. The molecule has 7 amide bonds. The highest BCUT2D eigenvalue weighted by Crippen LogP contribution is 2.40. The first kappa shape index (κ1) is 88.9. The number of ether oxygens (including phenoxy) is 12. The van der Waals surface area contributed by atoms with E-state index in [0.717, 1.165) is 21.6 Å². The highest BCUT2D eigenvalue weighted by molar-refractivity contribution is 8.01. The van der Waals surface area contributed by atoms with Crippen LogP contribution in [0.3, 0.4) is 0 Å². The molecule has 5 aliphatic rings. The van der Waals surface area contributed by atoms with Crippen LogP contribution in [0.2, 0.25) is 0 Å². The summed E-state index contributed by atoms with van der Waals surface area (Å²) in [4.78, 5) is 129. The molecule has 0 aromatic heterocycles. The van der Waals surface area contributed by atoms with Gasteiger partial charge in [0.1, 0.15) is 23.7 Å². The summed E-state index contributed by atoms with van der Waals surface area (Å²) < 4.78 is 70.2. The van der Waals surface area contributed by atoms with Crippen molar-refractivity contribution in [1.82, 2.24) is 20.4 Å². The van der Waals surface area contributed by atoms with Crippen molar-refractivity contribution < 1.29 is 110 Å². The number of nitrogens with zero attached hydrogens (tertiary/aromatic N) is 5. The number of benzene rings is 5. The Labute approximate surface area is 681 Å². The number of thioether (sulfide) groups is 1. The molecular formula is C86H110N7O22S+. The average molecular weight is 1630 g/mol. The SMILES string of the molecule is COc1cc2c(cc1OCCCOc1cc3c(cc1C)C(O)=[N+]1Cc4ccccc4CC1C(=O)N3C(=O)OCc1ccc(CC(=O)[C@H](C)NC(=O)[C@@H](CC(=O)CCOCCOCCOCCOCCOCCOCCOCCOCCNC(=O)CCN3C(=O)CC(SC(C)C)C3=O)C(C)C)cc1)N=CC1Cc3ccccc3CN1C2=O. The minimum atomic E-state index is -0.975. The summed E-state index contributed by atoms with van der Waals surface area (Å²) in [7, 11) is 1.52. The number of likely N-dealkylation sites (tertiary alicyclic amines) is 1. The molecule has 5 heterocycles. The van der Waals surface area contributed by atoms with E-state index in [1.807, 2.05) is 88.2 Å². The minimum absolute atomic E-state index is 0.0172. The lowest BCUT2D eigenvalue weighted by Crippen LogP contribution is -2.50. The van der Waals surface area contributed by atoms with Gasteiger partial charge in [0.2, 0.25) is 29.7 Å². The standard InChI is InChI=1S/C86H109N7O22S/c1-56(2)68(47-67(94)22-27-105-29-31-107-33-35-109-37-39-111-41-42-112-40-38-110-36-34-108-32-30-106-28-23-87-79(96)21-24-90-80(97)51-78(85(90)102)116-57(3)4)81(98)89-59(6)74(95)44-60-17-19-61(20-18-60)55-115-86(103)93-72-50-75(58(5)43-70(72)83(100)92-54-65-16-11-9-14-63(65)46-73(92)84(93)101)113-25-12-26-114-77-49-71-69(48-76(77)104-7)82(99)91-53-64-15-10-8-13-62(64)45-66(91)52-88-71/h8-11,13-20,43,48-50,52,56-57,59,66,68,73,78H,12,21-42,44-47,51,53-55H2,1-7H3,(H2,87,89,96,98)/p+1/t59-,66?,68-,73?,78?/m0/s1. The smallest absolute Gasteiger partial charge is 0.421 e. The Morgan fingerprint density at radius 2 is 1.20 bits per heavy atom. The van der Waals surface area contributed by atoms with E-state index >= 15 is 0 Å². The molecule has 5 atom stereocenters. The topological polar surface area (TPSA) is 334 Å². The van der Waals surface area contributed by atoms with Gasteiger partial charge in [-0.2, -0.15) is 4.58 Å². The lowest BCUT2D eigenvalue weighted by atomic mass is 9.88. The maximum Gasteiger partial charge on any atom is 0.421 e. The molecule has 0 radical (unpaired) electrons. The Balaban J connectivity index is 0.565. The van der Waals surface area contributed by atoms with Crippen LogP contribution in [0.4, 0.5) is 16.2 Å². The van der Waals surface area contributed by atoms with E-state index in [2.05, 4.69) is 16.7 Å². The van der Waals surface area contributed by atoms with Crippen LogP contribution in [-0.4, -0.2) is 252 Å². The Morgan fingerprint density at radius 3 is 1.81 bits per heavy atom. The van der Waals surface area contributed by atoms with Crippen LogP contribution in [0.15, 0.2) is 102 Å². The fourth-order valence-electron chi connectivity index (χ4n) is 13.9. The summed E-state index contributed by atoms with van der Waals surface area (Å²) in [6.07, 6.45) is 2.41. The van der Waals surface area contributed by atoms with Crippen molar-refractivity contribution in [3.8, 4) is 17.2 Å². The number of imide groups is 2. The van der Waals surface area contributed by atoms with E-state index in [4.69, 9.17) is 61.8 Å². The van der Waals surface area contributed by atoms with Crippen LogP contribution >= 0.6 is 11.8 Å². The molecule has 3 unspecified atom stereocenters. The summed E-state index contributed by atoms with van der Waals surface area (Å²) >= 11 is 1.47. The van der Waals surface area contributed by atoms with Crippen LogP contribution in [0.25, 0.3) is 0 Å². The molecule has 29 nitrogen and oxygen atoms in total. The lowest BCUT2D eigenvalue weighted by molar-refractivity contribution is -0.577. The van der Waals surface area contributed by atoms with Crippen LogP contribution in [0, 0.1) is 18.8 Å². The number of methoxy groups -OCH3 is 1. The Hall–Kier alpha value is -9.50. The number of Topliss-reactive ketones (excluding diaryl/α,β-unsaturated/α-hetero) is 2. The van der Waals surface area contributed by atoms with Crippen LogP contribution in [-0.2, 0) is 115 Å². The van der Waals surface area contributed by atoms with E-state index in [1.54, 1.807) is 60.0 Å². The number of aliphatic hydroxyl groups is 1. The zero-order valence-electron chi connectivity index (χ0n) is 67.4. The number of aliphatic imine (C=N–C) groups is 1. The number of carbonyl (C=O) groups is 9. The van der Waals surface area contributed by atoms with Crippen LogP contribution in [0.1, 0.15) is 122 Å². The van der Waals surface area contributed by atoms with Gasteiger partial charge < -0.3 is 77.5 Å². The van der Waals surface area contributed by atoms with Gasteiger partial charge in [0.25, 0.3) is 5.91 Å². The zero-order chi connectivity index (χ0) is 82.5. The Kier molecular flexibility index (Phi) is 34.7. The number of fused-ring (bicyclic) bond motifs is 6. The van der Waals surface area contributed by atoms with E-state index in [0.29, 0.717) is 164 Å². The second kappa shape index (κ2) is 45.3. The average Bonchev–Trinajstić information content (AvgIpc) is 1.59. The van der Waals surface area contributed by atoms with Gasteiger partial charge in [-0.25, -0.2) is 9.69 Å². The second-order valence-electron chi connectivity index (χ2n) is 29.4. The molecule has 0 bridgehead atoms. The van der Waals surface area contributed by atoms with E-state index in [1.165, 1.54) is 29.3 Å². The molecule has 10 rings (SSSR count). The molecule has 116 heavy (non-hydrogen) atoms. The fraction of sp³-hybridized carbons (Fsp3) is 0.523. The molecule has 0 spiro atoms.